The molecular weight excluding hydrogens is 1340 g/mol. The van der Waals surface area contributed by atoms with Gasteiger partial charge in [0.2, 0.25) is 0 Å². The van der Waals surface area contributed by atoms with E-state index < -0.39 is 0 Å². The van der Waals surface area contributed by atoms with Crippen molar-refractivity contribution in [2.45, 2.75) is 59.7 Å². The first-order valence-corrected chi connectivity index (χ1v) is 34.0. The van der Waals surface area contributed by atoms with Crippen LogP contribution in [0.15, 0.2) is 294 Å². The Morgan fingerprint density at radius 2 is 0.510 bits per heavy atom. The lowest BCUT2D eigenvalue weighted by Gasteiger charge is -2.32. The summed E-state index contributed by atoms with van der Waals surface area (Å²) in [5.41, 5.74) is 19.5. The molecular formula is C84H68BBr2N9O2. The van der Waals surface area contributed by atoms with Crippen LogP contribution in [0.5, 0.6) is 0 Å². The molecule has 1 aliphatic heterocycles. The monoisotopic (exact) mass is 1400 g/mol. The third-order valence-corrected chi connectivity index (χ3v) is 18.1. The van der Waals surface area contributed by atoms with Gasteiger partial charge in [-0.3, -0.25) is 15.0 Å². The molecule has 0 bridgehead atoms. The minimum absolute atomic E-state index is 0.311. The quantitative estimate of drug-likeness (QED) is 0.108. The van der Waals surface area contributed by atoms with Crippen molar-refractivity contribution in [3.63, 3.8) is 0 Å². The summed E-state index contributed by atoms with van der Waals surface area (Å²) in [6, 6.07) is 96.4. The molecule has 15 rings (SSSR count). The maximum atomic E-state index is 6.08. The molecule has 0 saturated carbocycles. The molecule has 1 fully saturated rings. The first-order valence-electron chi connectivity index (χ1n) is 32.4. The van der Waals surface area contributed by atoms with Crippen LogP contribution >= 0.6 is 31.9 Å². The lowest BCUT2D eigenvalue weighted by atomic mass is 9.79. The Labute approximate surface area is 589 Å². The summed E-state index contributed by atoms with van der Waals surface area (Å²) in [5, 5.41) is 0. The second-order valence-corrected chi connectivity index (χ2v) is 26.7. The highest BCUT2D eigenvalue weighted by Crippen LogP contribution is 2.38. The third kappa shape index (κ3) is 15.8. The zero-order chi connectivity index (χ0) is 67.8. The van der Waals surface area contributed by atoms with Crippen molar-refractivity contribution in [3.8, 4) is 124 Å². The van der Waals surface area contributed by atoms with Crippen LogP contribution in [0.2, 0.25) is 0 Å². The summed E-state index contributed by atoms with van der Waals surface area (Å²) >= 11 is 7.07. The number of hydrogen-bond acceptors (Lipinski definition) is 11. The summed E-state index contributed by atoms with van der Waals surface area (Å²) in [5.74, 6) is 3.83. The Morgan fingerprint density at radius 1 is 0.245 bits per heavy atom. The summed E-state index contributed by atoms with van der Waals surface area (Å²) < 4.78 is 14.1. The van der Waals surface area contributed by atoms with Gasteiger partial charge in [0, 0.05) is 76.1 Å². The number of halogens is 2. The fraction of sp³-hybridized carbons (Fsp3) is 0.107. The van der Waals surface area contributed by atoms with Gasteiger partial charge in [0.15, 0.2) is 34.9 Å². The molecule has 0 spiro atoms. The predicted octanol–water partition coefficient (Wildman–Crippen LogP) is 20.7. The standard InChI is InChI=1S/C45H33N5.C21H13Br2N3.C18H22BNO2/c1-30-11-9-17-41(46-30)34-23-19-32(20-24-34)38-27-39(33-21-25-35(26-22-33)42-18-10-12-31(2)47-42)29-40(28-38)45-49-43(36-13-5-3-6-14-36)48-44(50-45)37-15-7-4-8-16-37;22-17-11-16(12-18(23)13-17)21-25-19(14-7-3-1-4-8-14)24-20(26-21)15-9-5-2-6-10-15;1-13-7-6-8-16(20-13)14-9-11-15(12-10-14)19-21-17(2,3)18(4,5)22-19/h3-29H,1-2H3;1-13H;6-12H,1-5H3. The van der Waals surface area contributed by atoms with E-state index in [2.05, 4.69) is 156 Å². The van der Waals surface area contributed by atoms with Gasteiger partial charge in [-0.2, -0.15) is 0 Å². The van der Waals surface area contributed by atoms with E-state index in [1.165, 1.54) is 0 Å². The first kappa shape index (κ1) is 66.0. The van der Waals surface area contributed by atoms with Crippen LogP contribution in [-0.4, -0.2) is 63.2 Å². The topological polar surface area (TPSA) is 134 Å². The van der Waals surface area contributed by atoms with Gasteiger partial charge in [-0.15, -0.1) is 0 Å². The lowest BCUT2D eigenvalue weighted by molar-refractivity contribution is 0.00578. The van der Waals surface area contributed by atoms with Gasteiger partial charge in [0.05, 0.1) is 28.3 Å². The number of hydrogen-bond donors (Lipinski definition) is 0. The summed E-state index contributed by atoms with van der Waals surface area (Å²) in [7, 11) is -0.315. The maximum Gasteiger partial charge on any atom is 0.494 e. The number of rotatable bonds is 12. The number of benzene rings is 9. The summed E-state index contributed by atoms with van der Waals surface area (Å²) in [4.78, 5) is 43.2. The van der Waals surface area contributed by atoms with Gasteiger partial charge in [-0.05, 0) is 149 Å². The van der Waals surface area contributed by atoms with Gasteiger partial charge in [-0.1, -0.05) is 244 Å². The van der Waals surface area contributed by atoms with E-state index in [9.17, 15) is 0 Å². The van der Waals surface area contributed by atoms with Crippen LogP contribution < -0.4 is 5.46 Å². The highest BCUT2D eigenvalue weighted by molar-refractivity contribution is 9.11. The normalized spacial score (nSPS) is 12.8. The highest BCUT2D eigenvalue weighted by Gasteiger charge is 2.51. The van der Waals surface area contributed by atoms with Crippen molar-refractivity contribution < 1.29 is 9.31 Å². The molecule has 1 aliphatic rings. The van der Waals surface area contributed by atoms with Crippen LogP contribution in [0.1, 0.15) is 44.8 Å². The van der Waals surface area contributed by atoms with Gasteiger partial charge in [0.1, 0.15) is 0 Å². The average molecular weight is 1410 g/mol. The van der Waals surface area contributed by atoms with Crippen molar-refractivity contribution in [2.24, 2.45) is 0 Å². The first-order chi connectivity index (χ1) is 47.5. The largest absolute Gasteiger partial charge is 0.494 e. The van der Waals surface area contributed by atoms with E-state index >= 15 is 0 Å². The second kappa shape index (κ2) is 29.4. The molecule has 14 aromatic rings. The van der Waals surface area contributed by atoms with E-state index in [-0.39, 0.29) is 18.3 Å². The van der Waals surface area contributed by atoms with Crippen LogP contribution in [0, 0.1) is 20.8 Å². The molecule has 0 amide bonds. The zero-order valence-electron chi connectivity index (χ0n) is 55.3. The summed E-state index contributed by atoms with van der Waals surface area (Å²) in [6.45, 7) is 14.3. The van der Waals surface area contributed by atoms with E-state index in [1.807, 2.05) is 215 Å². The Hall–Kier alpha value is -10.6. The average Bonchev–Trinajstić information content (AvgIpc) is 1.28. The van der Waals surface area contributed by atoms with Crippen molar-refractivity contribution in [1.29, 1.82) is 0 Å². The van der Waals surface area contributed by atoms with Crippen LogP contribution in [0.4, 0.5) is 0 Å². The highest BCUT2D eigenvalue weighted by atomic mass is 79.9. The Morgan fingerprint density at radius 3 is 0.816 bits per heavy atom. The van der Waals surface area contributed by atoms with Crippen LogP contribution in [0.25, 0.3) is 124 Å². The van der Waals surface area contributed by atoms with Crippen molar-refractivity contribution in [3.05, 3.63) is 311 Å². The molecule has 0 unspecified atom stereocenters. The minimum atomic E-state index is -0.315. The van der Waals surface area contributed by atoms with E-state index in [4.69, 9.17) is 49.2 Å². The molecule has 11 nitrogen and oxygen atoms in total. The van der Waals surface area contributed by atoms with Gasteiger partial charge < -0.3 is 9.31 Å². The molecule has 1 saturated heterocycles. The fourth-order valence-electron chi connectivity index (χ4n) is 11.2. The molecule has 98 heavy (non-hydrogen) atoms. The SMILES string of the molecule is Brc1cc(Br)cc(-c2nc(-c3ccccc3)nc(-c3ccccc3)n2)c1.Cc1cccc(-c2ccc(-c3cc(-c4ccc(-c5cccc(C)n5)cc4)cc(-c4nc(-c5ccccc5)nc(-c5ccccc5)n4)c3)cc2)n1.Cc1cccc(-c2ccc(B3OC(C)(C)C(C)(C)O3)cc2)n1. The van der Waals surface area contributed by atoms with Crippen LogP contribution in [-0.2, 0) is 9.31 Å². The van der Waals surface area contributed by atoms with Crippen molar-refractivity contribution >= 4 is 44.4 Å². The molecule has 478 valence electrons. The Bertz CT molecular complexity index is 4830. The molecule has 0 aliphatic carbocycles. The fourth-order valence-corrected chi connectivity index (χ4v) is 12.5. The Balaban J connectivity index is 0.000000150. The van der Waals surface area contributed by atoms with Crippen molar-refractivity contribution in [2.75, 3.05) is 0 Å². The smallest absolute Gasteiger partial charge is 0.399 e. The lowest BCUT2D eigenvalue weighted by Crippen LogP contribution is -2.41. The zero-order valence-corrected chi connectivity index (χ0v) is 58.5. The van der Waals surface area contributed by atoms with Gasteiger partial charge >= 0.3 is 7.12 Å². The second-order valence-electron chi connectivity index (χ2n) is 24.9. The Kier molecular flexibility index (Phi) is 19.8. The molecule has 0 radical (unpaired) electrons. The molecule has 14 heteroatoms. The predicted molar refractivity (Wildman–Crippen MR) is 405 cm³/mol. The molecule has 0 atom stereocenters. The van der Waals surface area contributed by atoms with Crippen molar-refractivity contribution in [1.82, 2.24) is 44.9 Å². The van der Waals surface area contributed by atoms with E-state index in [1.54, 1.807) is 0 Å². The van der Waals surface area contributed by atoms with Crippen LogP contribution in [0.3, 0.4) is 0 Å². The molecule has 9 aromatic carbocycles. The minimum Gasteiger partial charge on any atom is -0.399 e. The molecule has 0 N–H and O–H groups in total. The van der Waals surface area contributed by atoms with E-state index in [0.717, 1.165) is 121 Å². The number of aryl methyl sites for hydroxylation is 3. The molecule has 6 heterocycles. The van der Waals surface area contributed by atoms with Gasteiger partial charge in [-0.25, -0.2) is 29.9 Å². The number of pyridine rings is 3. The van der Waals surface area contributed by atoms with E-state index in [0.29, 0.717) is 34.9 Å². The number of nitrogens with zero attached hydrogens (tertiary/aromatic N) is 9. The molecule has 5 aromatic heterocycles. The number of aromatic nitrogens is 9. The maximum absolute atomic E-state index is 6.08. The van der Waals surface area contributed by atoms with Gasteiger partial charge in [0.25, 0.3) is 0 Å². The summed E-state index contributed by atoms with van der Waals surface area (Å²) in [6.07, 6.45) is 0. The third-order valence-electron chi connectivity index (χ3n) is 17.1.